The van der Waals surface area contributed by atoms with Crippen LogP contribution in [0.2, 0.25) is 0 Å². The fourth-order valence-corrected chi connectivity index (χ4v) is 3.33. The van der Waals surface area contributed by atoms with Gasteiger partial charge in [0, 0.05) is 38.8 Å². The van der Waals surface area contributed by atoms with Crippen molar-refractivity contribution in [1.29, 1.82) is 0 Å². The van der Waals surface area contributed by atoms with Gasteiger partial charge in [-0.25, -0.2) is 17.9 Å². The molecule has 0 aliphatic carbocycles. The molecule has 2 rings (SSSR count). The van der Waals surface area contributed by atoms with Crippen molar-refractivity contribution >= 4 is 15.9 Å². The summed E-state index contributed by atoms with van der Waals surface area (Å²) in [6, 6.07) is 3.23. The largest absolute Gasteiger partial charge is 0.352 e. The number of carbonyl (C=O) groups is 1. The summed E-state index contributed by atoms with van der Waals surface area (Å²) in [5.41, 5.74) is -0.321. The molecule has 140 valence electrons. The summed E-state index contributed by atoms with van der Waals surface area (Å²) in [5, 5.41) is 7.66. The molecule has 1 heterocycles. The molecule has 1 aromatic carbocycles. The van der Waals surface area contributed by atoms with Gasteiger partial charge >= 0.3 is 0 Å². The van der Waals surface area contributed by atoms with Crippen molar-refractivity contribution in [3.8, 4) is 0 Å². The SMILES string of the molecule is CC(CCNC(=O)c1cc(S(N)(=O)=O)ccc1F)N1CCN(C)CC1. The third kappa shape index (κ3) is 5.46. The normalized spacial score (nSPS) is 18.1. The van der Waals surface area contributed by atoms with Crippen LogP contribution in [0.3, 0.4) is 0 Å². The van der Waals surface area contributed by atoms with E-state index in [4.69, 9.17) is 5.14 Å². The Morgan fingerprint density at radius 1 is 1.32 bits per heavy atom. The van der Waals surface area contributed by atoms with Crippen molar-refractivity contribution in [1.82, 2.24) is 15.1 Å². The highest BCUT2D eigenvalue weighted by molar-refractivity contribution is 7.89. The monoisotopic (exact) mass is 372 g/mol. The summed E-state index contributed by atoms with van der Waals surface area (Å²) in [5.74, 6) is -1.43. The maximum absolute atomic E-state index is 13.8. The lowest BCUT2D eigenvalue weighted by atomic mass is 10.1. The van der Waals surface area contributed by atoms with Crippen LogP contribution >= 0.6 is 0 Å². The third-order valence-electron chi connectivity index (χ3n) is 4.52. The van der Waals surface area contributed by atoms with Gasteiger partial charge in [-0.3, -0.25) is 9.69 Å². The number of sulfonamides is 1. The summed E-state index contributed by atoms with van der Waals surface area (Å²) in [4.78, 5) is 16.5. The van der Waals surface area contributed by atoms with Crippen LogP contribution in [0.15, 0.2) is 23.1 Å². The zero-order chi connectivity index (χ0) is 18.6. The molecule has 1 saturated heterocycles. The first kappa shape index (κ1) is 19.8. The Bertz CT molecular complexity index is 718. The molecule has 7 nitrogen and oxygen atoms in total. The minimum absolute atomic E-state index is 0.287. The number of likely N-dealkylation sites (N-methyl/N-ethyl adjacent to an activating group) is 1. The molecule has 1 amide bonds. The number of nitrogens with zero attached hydrogens (tertiary/aromatic N) is 2. The van der Waals surface area contributed by atoms with Crippen LogP contribution in [-0.4, -0.2) is 69.9 Å². The fraction of sp³-hybridized carbons (Fsp3) is 0.562. The predicted octanol–water partition coefficient (Wildman–Crippen LogP) is 0.229. The zero-order valence-corrected chi connectivity index (χ0v) is 15.4. The van der Waals surface area contributed by atoms with Crippen LogP contribution < -0.4 is 10.5 Å². The van der Waals surface area contributed by atoms with Crippen LogP contribution in [0.25, 0.3) is 0 Å². The lowest BCUT2D eigenvalue weighted by molar-refractivity contribution is 0.0931. The van der Waals surface area contributed by atoms with E-state index in [1.807, 2.05) is 0 Å². The number of nitrogens with two attached hydrogens (primary N) is 1. The van der Waals surface area contributed by atoms with Gasteiger partial charge < -0.3 is 10.2 Å². The highest BCUT2D eigenvalue weighted by Gasteiger charge is 2.20. The Labute approximate surface area is 148 Å². The molecule has 9 heteroatoms. The second-order valence-electron chi connectivity index (χ2n) is 6.42. The minimum atomic E-state index is -3.99. The van der Waals surface area contributed by atoms with Crippen LogP contribution in [0.4, 0.5) is 4.39 Å². The molecule has 1 unspecified atom stereocenters. The summed E-state index contributed by atoms with van der Waals surface area (Å²) >= 11 is 0. The van der Waals surface area contributed by atoms with E-state index in [1.54, 1.807) is 0 Å². The van der Waals surface area contributed by atoms with E-state index >= 15 is 0 Å². The first-order valence-corrected chi connectivity index (χ1v) is 9.76. The second kappa shape index (κ2) is 8.22. The van der Waals surface area contributed by atoms with Crippen molar-refractivity contribution in [2.75, 3.05) is 39.8 Å². The molecule has 1 atom stereocenters. The van der Waals surface area contributed by atoms with Crippen molar-refractivity contribution in [2.45, 2.75) is 24.3 Å². The van der Waals surface area contributed by atoms with Crippen molar-refractivity contribution in [3.63, 3.8) is 0 Å². The molecular weight excluding hydrogens is 347 g/mol. The molecule has 25 heavy (non-hydrogen) atoms. The lowest BCUT2D eigenvalue weighted by Gasteiger charge is -2.36. The third-order valence-corrected chi connectivity index (χ3v) is 5.43. The smallest absolute Gasteiger partial charge is 0.254 e. The van der Waals surface area contributed by atoms with E-state index in [0.717, 1.165) is 50.8 Å². The Hall–Kier alpha value is -1.55. The van der Waals surface area contributed by atoms with E-state index in [1.165, 1.54) is 0 Å². The number of primary sulfonamides is 1. The van der Waals surface area contributed by atoms with E-state index < -0.39 is 21.7 Å². The quantitative estimate of drug-likeness (QED) is 0.745. The summed E-state index contributed by atoms with van der Waals surface area (Å²) in [6.45, 7) is 6.48. The molecule has 3 N–H and O–H groups in total. The Morgan fingerprint density at radius 2 is 1.96 bits per heavy atom. The van der Waals surface area contributed by atoms with Gasteiger partial charge in [0.15, 0.2) is 0 Å². The van der Waals surface area contributed by atoms with Crippen molar-refractivity contribution in [3.05, 3.63) is 29.6 Å². The standard InChI is InChI=1S/C16H25FN4O3S/c1-12(21-9-7-20(2)8-10-21)5-6-19-16(22)14-11-13(25(18,23)24)3-4-15(14)17/h3-4,11-12H,5-10H2,1-2H3,(H,19,22)(H2,18,23,24). The zero-order valence-electron chi connectivity index (χ0n) is 14.5. The Kier molecular flexibility index (Phi) is 6.50. The molecule has 0 aromatic heterocycles. The molecule has 1 fully saturated rings. The number of hydrogen-bond acceptors (Lipinski definition) is 5. The maximum atomic E-state index is 13.8. The topological polar surface area (TPSA) is 95.7 Å². The number of hydrogen-bond donors (Lipinski definition) is 2. The van der Waals surface area contributed by atoms with Gasteiger partial charge in [-0.05, 0) is 38.6 Å². The number of halogens is 1. The van der Waals surface area contributed by atoms with E-state index in [0.29, 0.717) is 12.6 Å². The first-order chi connectivity index (χ1) is 11.7. The van der Waals surface area contributed by atoms with E-state index in [2.05, 4.69) is 29.1 Å². The van der Waals surface area contributed by atoms with Crippen molar-refractivity contribution in [2.24, 2.45) is 5.14 Å². The van der Waals surface area contributed by atoms with Crippen molar-refractivity contribution < 1.29 is 17.6 Å². The Balaban J connectivity index is 1.90. The molecule has 1 aromatic rings. The van der Waals surface area contributed by atoms with Crippen LogP contribution in [0.5, 0.6) is 0 Å². The Morgan fingerprint density at radius 3 is 2.56 bits per heavy atom. The summed E-state index contributed by atoms with van der Waals surface area (Å²) in [7, 11) is -1.90. The molecule has 0 bridgehead atoms. The molecular formula is C16H25FN4O3S. The van der Waals surface area contributed by atoms with Crippen LogP contribution in [0.1, 0.15) is 23.7 Å². The van der Waals surface area contributed by atoms with Gasteiger partial charge in [0.1, 0.15) is 5.82 Å². The number of carbonyl (C=O) groups excluding carboxylic acids is 1. The predicted molar refractivity (Wildman–Crippen MR) is 93.3 cm³/mol. The van der Waals surface area contributed by atoms with Gasteiger partial charge in [0.05, 0.1) is 10.5 Å². The molecule has 1 aliphatic heterocycles. The number of rotatable bonds is 6. The second-order valence-corrected chi connectivity index (χ2v) is 7.98. The average molecular weight is 372 g/mol. The molecule has 0 spiro atoms. The van der Waals surface area contributed by atoms with Gasteiger partial charge in [0.2, 0.25) is 10.0 Å². The van der Waals surface area contributed by atoms with Gasteiger partial charge in [0.25, 0.3) is 5.91 Å². The number of amides is 1. The highest BCUT2D eigenvalue weighted by Crippen LogP contribution is 2.14. The average Bonchev–Trinajstić information content (AvgIpc) is 2.54. The summed E-state index contributed by atoms with van der Waals surface area (Å²) < 4.78 is 36.5. The maximum Gasteiger partial charge on any atom is 0.254 e. The highest BCUT2D eigenvalue weighted by atomic mass is 32.2. The number of benzene rings is 1. The molecule has 0 radical (unpaired) electrons. The van der Waals surface area contributed by atoms with E-state index in [9.17, 15) is 17.6 Å². The van der Waals surface area contributed by atoms with Crippen LogP contribution in [-0.2, 0) is 10.0 Å². The van der Waals surface area contributed by atoms with Gasteiger partial charge in [-0.2, -0.15) is 0 Å². The van der Waals surface area contributed by atoms with E-state index in [-0.39, 0.29) is 10.5 Å². The molecule has 1 aliphatic rings. The van der Waals surface area contributed by atoms with Gasteiger partial charge in [-0.15, -0.1) is 0 Å². The molecule has 0 saturated carbocycles. The first-order valence-electron chi connectivity index (χ1n) is 8.21. The lowest BCUT2D eigenvalue weighted by Crippen LogP contribution is -2.48. The summed E-state index contributed by atoms with van der Waals surface area (Å²) in [6.07, 6.45) is 0.728. The fourth-order valence-electron chi connectivity index (χ4n) is 2.79. The van der Waals surface area contributed by atoms with Crippen LogP contribution in [0, 0.1) is 5.82 Å². The minimum Gasteiger partial charge on any atom is -0.352 e. The van der Waals surface area contributed by atoms with Gasteiger partial charge in [-0.1, -0.05) is 0 Å². The number of piperazine rings is 1. The number of nitrogens with one attached hydrogen (secondary N) is 1.